The molecule has 1 aliphatic rings. The predicted molar refractivity (Wildman–Crippen MR) is 110 cm³/mol. The van der Waals surface area contributed by atoms with Crippen molar-refractivity contribution in [2.45, 2.75) is 6.18 Å². The number of urea groups is 1. The van der Waals surface area contributed by atoms with Crippen LogP contribution in [0.1, 0.15) is 15.9 Å². The maximum absolute atomic E-state index is 12.8. The summed E-state index contributed by atoms with van der Waals surface area (Å²) in [5.74, 6) is -0.587. The summed E-state index contributed by atoms with van der Waals surface area (Å²) in [6, 6.07) is 10.1. The molecule has 1 aliphatic heterocycles. The van der Waals surface area contributed by atoms with Gasteiger partial charge in [0.2, 0.25) is 0 Å². The number of hydrogen-bond donors (Lipinski definition) is 3. The molecular formula is C21H23F3N4O3. The highest BCUT2D eigenvalue weighted by Gasteiger charge is 2.30. The van der Waals surface area contributed by atoms with Gasteiger partial charge >= 0.3 is 12.2 Å². The van der Waals surface area contributed by atoms with Gasteiger partial charge in [0, 0.05) is 43.1 Å². The molecule has 31 heavy (non-hydrogen) atoms. The summed E-state index contributed by atoms with van der Waals surface area (Å²) in [6.07, 6.45) is -4.50. The van der Waals surface area contributed by atoms with Gasteiger partial charge in [0.25, 0.3) is 5.91 Å². The van der Waals surface area contributed by atoms with Gasteiger partial charge in [-0.05, 0) is 36.4 Å². The first-order valence-electron chi connectivity index (χ1n) is 9.75. The summed E-state index contributed by atoms with van der Waals surface area (Å²) in [5.41, 5.74) is -0.238. The number of ether oxygens (including phenoxy) is 1. The number of benzene rings is 2. The standard InChI is InChI=1S/C21H23F3N4O3/c22-21(23,24)16-4-2-6-18(14-16)26-19(29)15-3-1-5-17(13-15)27-20(30)25-7-8-28-9-11-31-12-10-28/h1-6,13-14H,7-12H2,(H,26,29)(H2,25,27,30). The molecule has 1 saturated heterocycles. The molecule has 3 amide bonds. The molecule has 2 aromatic rings. The molecule has 0 atom stereocenters. The van der Waals surface area contributed by atoms with Crippen LogP contribution in [0.15, 0.2) is 48.5 Å². The Kier molecular flexibility index (Phi) is 7.48. The lowest BCUT2D eigenvalue weighted by atomic mass is 10.1. The van der Waals surface area contributed by atoms with E-state index in [2.05, 4.69) is 20.9 Å². The Hall–Kier alpha value is -3.11. The second-order valence-electron chi connectivity index (χ2n) is 6.95. The highest BCUT2D eigenvalue weighted by molar-refractivity contribution is 6.05. The lowest BCUT2D eigenvalue weighted by Gasteiger charge is -2.26. The molecule has 166 valence electrons. The molecule has 0 aliphatic carbocycles. The largest absolute Gasteiger partial charge is 0.416 e. The third-order valence-corrected chi connectivity index (χ3v) is 4.65. The zero-order valence-electron chi connectivity index (χ0n) is 16.7. The number of hydrogen-bond acceptors (Lipinski definition) is 4. The second-order valence-corrected chi connectivity index (χ2v) is 6.95. The zero-order chi connectivity index (χ0) is 22.3. The van der Waals surface area contributed by atoms with E-state index in [0.29, 0.717) is 32.0 Å². The topological polar surface area (TPSA) is 82.7 Å². The van der Waals surface area contributed by atoms with Crippen LogP contribution in [0.2, 0.25) is 0 Å². The van der Waals surface area contributed by atoms with E-state index in [0.717, 1.165) is 25.2 Å². The molecule has 1 fully saturated rings. The van der Waals surface area contributed by atoms with Gasteiger partial charge in [-0.1, -0.05) is 12.1 Å². The fourth-order valence-electron chi connectivity index (χ4n) is 3.04. The monoisotopic (exact) mass is 436 g/mol. The quantitative estimate of drug-likeness (QED) is 0.648. The van der Waals surface area contributed by atoms with Crippen molar-refractivity contribution in [3.05, 3.63) is 59.7 Å². The van der Waals surface area contributed by atoms with Crippen LogP contribution in [0.25, 0.3) is 0 Å². The van der Waals surface area contributed by atoms with Gasteiger partial charge in [-0.25, -0.2) is 4.79 Å². The van der Waals surface area contributed by atoms with Crippen molar-refractivity contribution in [3.8, 4) is 0 Å². The number of anilines is 2. The highest BCUT2D eigenvalue weighted by Crippen LogP contribution is 2.30. The first kappa shape index (κ1) is 22.6. The summed E-state index contributed by atoms with van der Waals surface area (Å²) in [6.45, 7) is 4.18. The molecule has 0 unspecified atom stereocenters. The summed E-state index contributed by atoms with van der Waals surface area (Å²) in [4.78, 5) is 26.7. The maximum atomic E-state index is 12.8. The van der Waals surface area contributed by atoms with Crippen molar-refractivity contribution >= 4 is 23.3 Å². The third-order valence-electron chi connectivity index (χ3n) is 4.65. The Morgan fingerprint density at radius 1 is 0.968 bits per heavy atom. The number of rotatable bonds is 6. The Morgan fingerprint density at radius 3 is 2.35 bits per heavy atom. The van der Waals surface area contributed by atoms with Crippen LogP contribution >= 0.6 is 0 Å². The Labute approximate surface area is 177 Å². The minimum Gasteiger partial charge on any atom is -0.379 e. The lowest BCUT2D eigenvalue weighted by molar-refractivity contribution is -0.137. The number of carbonyl (C=O) groups is 2. The fraction of sp³-hybridized carbons (Fsp3) is 0.333. The number of morpholine rings is 1. The van der Waals surface area contributed by atoms with E-state index < -0.39 is 23.7 Å². The Morgan fingerprint density at radius 2 is 1.65 bits per heavy atom. The van der Waals surface area contributed by atoms with Crippen LogP contribution in [0.3, 0.4) is 0 Å². The average Bonchev–Trinajstić information content (AvgIpc) is 2.74. The summed E-state index contributed by atoms with van der Waals surface area (Å²) >= 11 is 0. The molecule has 0 bridgehead atoms. The van der Waals surface area contributed by atoms with Gasteiger partial charge in [0.05, 0.1) is 18.8 Å². The van der Waals surface area contributed by atoms with Crippen molar-refractivity contribution in [1.29, 1.82) is 0 Å². The van der Waals surface area contributed by atoms with Gasteiger partial charge in [0.15, 0.2) is 0 Å². The number of nitrogens with zero attached hydrogens (tertiary/aromatic N) is 1. The molecular weight excluding hydrogens is 413 g/mol. The van der Waals surface area contributed by atoms with Crippen molar-refractivity contribution < 1.29 is 27.5 Å². The lowest BCUT2D eigenvalue weighted by Crippen LogP contribution is -2.42. The third kappa shape index (κ3) is 6.97. The van der Waals surface area contributed by atoms with Crippen molar-refractivity contribution in [3.63, 3.8) is 0 Å². The van der Waals surface area contributed by atoms with Crippen LogP contribution in [0, 0.1) is 0 Å². The fourth-order valence-corrected chi connectivity index (χ4v) is 3.04. The Bertz CT molecular complexity index is 915. The number of amides is 3. The van der Waals surface area contributed by atoms with Gasteiger partial charge in [-0.3, -0.25) is 9.69 Å². The van der Waals surface area contributed by atoms with Gasteiger partial charge < -0.3 is 20.7 Å². The van der Waals surface area contributed by atoms with E-state index in [-0.39, 0.29) is 11.3 Å². The highest BCUT2D eigenvalue weighted by atomic mass is 19.4. The number of halogens is 3. The minimum absolute atomic E-state index is 0.0269. The molecule has 1 heterocycles. The molecule has 3 rings (SSSR count). The Balaban J connectivity index is 1.53. The number of carbonyl (C=O) groups excluding carboxylic acids is 2. The average molecular weight is 436 g/mol. The van der Waals surface area contributed by atoms with Crippen LogP contribution in [-0.2, 0) is 10.9 Å². The van der Waals surface area contributed by atoms with Gasteiger partial charge in [-0.2, -0.15) is 13.2 Å². The molecule has 0 aromatic heterocycles. The zero-order valence-corrected chi connectivity index (χ0v) is 16.7. The second kappa shape index (κ2) is 10.3. The van der Waals surface area contributed by atoms with Crippen LogP contribution in [0.5, 0.6) is 0 Å². The maximum Gasteiger partial charge on any atom is 0.416 e. The van der Waals surface area contributed by atoms with E-state index in [1.807, 2.05) is 0 Å². The SMILES string of the molecule is O=C(NCCN1CCOCC1)Nc1cccc(C(=O)Nc2cccc(C(F)(F)F)c2)c1. The van der Waals surface area contributed by atoms with E-state index in [1.54, 1.807) is 12.1 Å². The molecule has 0 saturated carbocycles. The van der Waals surface area contributed by atoms with E-state index in [1.165, 1.54) is 24.3 Å². The first-order chi connectivity index (χ1) is 14.8. The van der Waals surface area contributed by atoms with Crippen LogP contribution < -0.4 is 16.0 Å². The molecule has 7 nitrogen and oxygen atoms in total. The van der Waals surface area contributed by atoms with Crippen LogP contribution in [-0.4, -0.2) is 56.2 Å². The molecule has 2 aromatic carbocycles. The molecule has 10 heteroatoms. The van der Waals surface area contributed by atoms with Crippen molar-refractivity contribution in [2.75, 3.05) is 50.0 Å². The van der Waals surface area contributed by atoms with Crippen LogP contribution in [0.4, 0.5) is 29.3 Å². The first-order valence-corrected chi connectivity index (χ1v) is 9.75. The summed E-state index contributed by atoms with van der Waals surface area (Å²) in [5, 5.41) is 7.83. The van der Waals surface area contributed by atoms with Gasteiger partial charge in [0.1, 0.15) is 0 Å². The predicted octanol–water partition coefficient (Wildman–Crippen LogP) is 3.41. The van der Waals surface area contributed by atoms with E-state index in [4.69, 9.17) is 4.74 Å². The summed E-state index contributed by atoms with van der Waals surface area (Å²) in [7, 11) is 0. The smallest absolute Gasteiger partial charge is 0.379 e. The number of alkyl halides is 3. The number of nitrogens with one attached hydrogen (secondary N) is 3. The van der Waals surface area contributed by atoms with Gasteiger partial charge in [-0.15, -0.1) is 0 Å². The van der Waals surface area contributed by atoms with Crippen molar-refractivity contribution in [2.24, 2.45) is 0 Å². The van der Waals surface area contributed by atoms with E-state index in [9.17, 15) is 22.8 Å². The molecule has 0 spiro atoms. The molecule has 3 N–H and O–H groups in total. The summed E-state index contributed by atoms with van der Waals surface area (Å²) < 4.78 is 43.8. The molecule has 0 radical (unpaired) electrons. The van der Waals surface area contributed by atoms with E-state index >= 15 is 0 Å². The van der Waals surface area contributed by atoms with Crippen molar-refractivity contribution in [1.82, 2.24) is 10.2 Å². The normalized spacial score (nSPS) is 14.7. The minimum atomic E-state index is -4.50.